The summed E-state index contributed by atoms with van der Waals surface area (Å²) in [5.41, 5.74) is 0.0982. The number of alkyl halides is 2. The number of halogens is 3. The van der Waals surface area contributed by atoms with E-state index in [0.717, 1.165) is 44.6 Å². The van der Waals surface area contributed by atoms with Crippen molar-refractivity contribution in [3.63, 3.8) is 0 Å². The molecule has 0 bridgehead atoms. The number of nitrogens with one attached hydrogen (secondary N) is 1. The summed E-state index contributed by atoms with van der Waals surface area (Å²) in [5, 5.41) is 3.87. The van der Waals surface area contributed by atoms with Crippen molar-refractivity contribution in [1.82, 2.24) is 19.9 Å². The minimum absolute atomic E-state index is 0.123. The number of nitrogens with zero attached hydrogens (tertiary/aromatic N) is 5. The topological polar surface area (TPSA) is 101 Å². The Morgan fingerprint density at radius 2 is 1.64 bits per heavy atom. The Morgan fingerprint density at radius 3 is 2.32 bits per heavy atom. The van der Waals surface area contributed by atoms with Crippen molar-refractivity contribution in [2.75, 3.05) is 43.5 Å². The average molecular weight is 615 g/mol. The van der Waals surface area contributed by atoms with Crippen LogP contribution < -0.4 is 10.2 Å². The summed E-state index contributed by atoms with van der Waals surface area (Å²) in [5.74, 6) is 0.732. The first-order valence-corrected chi connectivity index (χ1v) is 15.2. The number of hydrogen-bond donors (Lipinski definition) is 1. The Hall–Kier alpha value is -3.96. The smallest absolute Gasteiger partial charge is 0.305 e. The number of benzene rings is 1. The number of fused-ring (bicyclic) bond motifs is 1. The number of methoxy groups -OCH3 is 1. The number of esters is 1. The molecule has 1 N–H and O–H groups in total. The summed E-state index contributed by atoms with van der Waals surface area (Å²) >= 11 is 0. The second-order valence-electron chi connectivity index (χ2n) is 11.2. The molecular formula is C32H41F3N6O3. The fraction of sp³-hybridized carbons (Fsp3) is 0.531. The van der Waals surface area contributed by atoms with Gasteiger partial charge in [-0.25, -0.2) is 28.1 Å². The van der Waals surface area contributed by atoms with E-state index in [1.54, 1.807) is 20.0 Å². The van der Waals surface area contributed by atoms with Gasteiger partial charge in [0.1, 0.15) is 23.3 Å². The van der Waals surface area contributed by atoms with Crippen molar-refractivity contribution in [1.29, 1.82) is 0 Å². The van der Waals surface area contributed by atoms with Crippen LogP contribution in [0.25, 0.3) is 10.9 Å². The quantitative estimate of drug-likeness (QED) is 0.162. The molecule has 12 heteroatoms. The summed E-state index contributed by atoms with van der Waals surface area (Å²) in [7, 11) is 1.40. The van der Waals surface area contributed by atoms with Gasteiger partial charge in [-0.2, -0.15) is 0 Å². The molecule has 2 aromatic heterocycles. The van der Waals surface area contributed by atoms with Crippen LogP contribution in [-0.2, 0) is 14.3 Å². The maximum atomic E-state index is 14.8. The largest absolute Gasteiger partial charge is 0.469 e. The van der Waals surface area contributed by atoms with E-state index in [-0.39, 0.29) is 17.4 Å². The van der Waals surface area contributed by atoms with Crippen molar-refractivity contribution in [3.05, 3.63) is 53.2 Å². The highest BCUT2D eigenvalue weighted by molar-refractivity contribution is 5.90. The summed E-state index contributed by atoms with van der Waals surface area (Å²) in [6.07, 6.45) is 5.52. The molecule has 0 spiro atoms. The minimum atomic E-state index is -2.91. The molecule has 0 radical (unpaired) electrons. The molecule has 1 aliphatic rings. The Balaban J connectivity index is 1.32. The SMILES string of the molecule is COC(=O)CCCCCCCCC(=O)N1CCN(c2cc3c(NC(C)c4cccc(C(F)F)c4F)nc(C)nc3cn2)CC1. The molecule has 1 saturated heterocycles. The van der Waals surface area contributed by atoms with Gasteiger partial charge in [0, 0.05) is 50.0 Å². The lowest BCUT2D eigenvalue weighted by Gasteiger charge is -2.35. The lowest BCUT2D eigenvalue weighted by atomic mass is 10.0. The average Bonchev–Trinajstić information content (AvgIpc) is 3.01. The first-order valence-electron chi connectivity index (χ1n) is 15.2. The van der Waals surface area contributed by atoms with Crippen molar-refractivity contribution >= 4 is 34.4 Å². The maximum absolute atomic E-state index is 14.8. The molecule has 1 unspecified atom stereocenters. The number of piperazine rings is 1. The van der Waals surface area contributed by atoms with Crippen LogP contribution in [0, 0.1) is 12.7 Å². The number of pyridine rings is 1. The van der Waals surface area contributed by atoms with Crippen LogP contribution in [-0.4, -0.2) is 65.0 Å². The van der Waals surface area contributed by atoms with Gasteiger partial charge in [0.15, 0.2) is 0 Å². The van der Waals surface area contributed by atoms with Gasteiger partial charge in [0.05, 0.1) is 30.4 Å². The second kappa shape index (κ2) is 15.7. The van der Waals surface area contributed by atoms with E-state index in [1.807, 2.05) is 11.0 Å². The molecule has 0 saturated carbocycles. The van der Waals surface area contributed by atoms with E-state index in [0.29, 0.717) is 67.4 Å². The monoisotopic (exact) mass is 614 g/mol. The molecule has 1 aromatic carbocycles. The van der Waals surface area contributed by atoms with Gasteiger partial charge in [-0.1, -0.05) is 43.9 Å². The highest BCUT2D eigenvalue weighted by Gasteiger charge is 2.23. The summed E-state index contributed by atoms with van der Waals surface area (Å²) < 4.78 is 46.0. The Labute approximate surface area is 256 Å². The standard InChI is InChI=1S/C32H41F3N6O3/c1-21(23-11-10-12-24(30(23)33)31(34)35)37-32-25-19-27(36-20-26(25)38-22(2)39-32)40-15-17-41(18-16-40)28(42)13-8-6-4-5-7-9-14-29(43)44-3/h10-12,19-21,31H,4-9,13-18H2,1-3H3,(H,37,38,39). The lowest BCUT2D eigenvalue weighted by Crippen LogP contribution is -2.49. The zero-order chi connectivity index (χ0) is 31.6. The Morgan fingerprint density at radius 1 is 0.977 bits per heavy atom. The van der Waals surface area contributed by atoms with Gasteiger partial charge in [-0.05, 0) is 32.8 Å². The molecular weight excluding hydrogens is 573 g/mol. The summed E-state index contributed by atoms with van der Waals surface area (Å²) in [4.78, 5) is 41.6. The molecule has 44 heavy (non-hydrogen) atoms. The second-order valence-corrected chi connectivity index (χ2v) is 11.2. The van der Waals surface area contributed by atoms with Crippen molar-refractivity contribution in [3.8, 4) is 0 Å². The predicted octanol–water partition coefficient (Wildman–Crippen LogP) is 6.53. The van der Waals surface area contributed by atoms with E-state index in [2.05, 4.69) is 29.9 Å². The van der Waals surface area contributed by atoms with Crippen molar-refractivity contribution in [2.24, 2.45) is 0 Å². The van der Waals surface area contributed by atoms with Gasteiger partial charge in [0.2, 0.25) is 5.91 Å². The van der Waals surface area contributed by atoms with Gasteiger partial charge in [-0.15, -0.1) is 0 Å². The molecule has 1 fully saturated rings. The van der Waals surface area contributed by atoms with Crippen LogP contribution in [0.5, 0.6) is 0 Å². The Bertz CT molecular complexity index is 1430. The number of aryl methyl sites for hydroxylation is 1. The van der Waals surface area contributed by atoms with Crippen molar-refractivity contribution in [2.45, 2.75) is 77.7 Å². The number of amides is 1. The molecule has 9 nitrogen and oxygen atoms in total. The Kier molecular flexibility index (Phi) is 11.7. The lowest BCUT2D eigenvalue weighted by molar-refractivity contribution is -0.140. The van der Waals surface area contributed by atoms with Crippen LogP contribution in [0.1, 0.15) is 87.7 Å². The van der Waals surface area contributed by atoms with Crippen LogP contribution in [0.4, 0.5) is 24.8 Å². The van der Waals surface area contributed by atoms with E-state index < -0.39 is 23.8 Å². The zero-order valence-electron chi connectivity index (χ0n) is 25.6. The number of rotatable bonds is 14. The normalized spacial score (nSPS) is 14.2. The van der Waals surface area contributed by atoms with E-state index >= 15 is 0 Å². The first-order chi connectivity index (χ1) is 21.2. The number of carbonyl (C=O) groups is 2. The van der Waals surface area contributed by atoms with Crippen LogP contribution >= 0.6 is 0 Å². The minimum Gasteiger partial charge on any atom is -0.469 e. The predicted molar refractivity (Wildman–Crippen MR) is 163 cm³/mol. The highest BCUT2D eigenvalue weighted by Crippen LogP contribution is 2.31. The zero-order valence-corrected chi connectivity index (χ0v) is 25.6. The number of carbonyl (C=O) groups excluding carboxylic acids is 2. The van der Waals surface area contributed by atoms with Crippen molar-refractivity contribution < 1.29 is 27.5 Å². The summed E-state index contributed by atoms with van der Waals surface area (Å²) in [6, 6.07) is 5.23. The molecule has 3 heterocycles. The fourth-order valence-electron chi connectivity index (χ4n) is 5.47. The number of ether oxygens (including phenoxy) is 1. The number of aromatic nitrogens is 3. The van der Waals surface area contributed by atoms with Gasteiger partial charge in [0.25, 0.3) is 6.43 Å². The molecule has 4 rings (SSSR count). The van der Waals surface area contributed by atoms with Crippen LogP contribution in [0.2, 0.25) is 0 Å². The molecule has 1 atom stereocenters. The fourth-order valence-corrected chi connectivity index (χ4v) is 5.47. The van der Waals surface area contributed by atoms with E-state index in [1.165, 1.54) is 19.2 Å². The van der Waals surface area contributed by atoms with Gasteiger partial charge >= 0.3 is 5.97 Å². The molecule has 238 valence electrons. The third-order valence-corrected chi connectivity index (χ3v) is 8.00. The molecule has 1 aliphatic heterocycles. The third-order valence-electron chi connectivity index (χ3n) is 8.00. The molecule has 3 aromatic rings. The summed E-state index contributed by atoms with van der Waals surface area (Å²) in [6.45, 7) is 5.88. The highest BCUT2D eigenvalue weighted by atomic mass is 19.3. The third kappa shape index (κ3) is 8.57. The van der Waals surface area contributed by atoms with Gasteiger partial charge in [-0.3, -0.25) is 9.59 Å². The van der Waals surface area contributed by atoms with Crippen LogP contribution in [0.3, 0.4) is 0 Å². The van der Waals surface area contributed by atoms with E-state index in [9.17, 15) is 22.8 Å². The number of hydrogen-bond acceptors (Lipinski definition) is 8. The first kappa shape index (κ1) is 32.9. The van der Waals surface area contributed by atoms with E-state index in [4.69, 9.17) is 0 Å². The molecule has 1 amide bonds. The van der Waals surface area contributed by atoms with Crippen LogP contribution in [0.15, 0.2) is 30.5 Å². The van der Waals surface area contributed by atoms with Gasteiger partial charge < -0.3 is 19.9 Å². The maximum Gasteiger partial charge on any atom is 0.305 e. The molecule has 0 aliphatic carbocycles. The number of unbranched alkanes of at least 4 members (excludes halogenated alkanes) is 5. The number of anilines is 2.